The van der Waals surface area contributed by atoms with E-state index in [1.807, 2.05) is 12.1 Å². The number of rotatable bonds is 4. The molecule has 1 N–H and O–H groups in total. The Morgan fingerprint density at radius 3 is 2.26 bits per heavy atom. The molecule has 5 nitrogen and oxygen atoms in total. The van der Waals surface area contributed by atoms with Crippen LogP contribution in [0.4, 0.5) is 8.78 Å². The summed E-state index contributed by atoms with van der Waals surface area (Å²) >= 11 is 0. The topological polar surface area (TPSA) is 72.0 Å². The van der Waals surface area contributed by atoms with Crippen LogP contribution in [0.2, 0.25) is 0 Å². The summed E-state index contributed by atoms with van der Waals surface area (Å²) in [6, 6.07) is 3.71. The molecule has 2 aromatic heterocycles. The highest BCUT2D eigenvalue weighted by atomic mass is 19.3. The molecule has 0 aliphatic heterocycles. The highest BCUT2D eigenvalue weighted by molar-refractivity contribution is 5.34. The maximum absolute atomic E-state index is 14.5. The molecule has 2 saturated carbocycles. The number of alkyl halides is 2. The van der Waals surface area contributed by atoms with Gasteiger partial charge < -0.3 is 9.63 Å². The number of hydrogen-bond donors (Lipinski definition) is 1. The lowest BCUT2D eigenvalue weighted by molar-refractivity contribution is -0.235. The van der Waals surface area contributed by atoms with Crippen LogP contribution in [0.3, 0.4) is 0 Å². The Bertz CT molecular complexity index is 709. The quantitative estimate of drug-likeness (QED) is 0.937. The average Bonchev–Trinajstić information content (AvgIpc) is 2.95. The van der Waals surface area contributed by atoms with E-state index in [0.717, 1.165) is 24.8 Å². The van der Waals surface area contributed by atoms with Crippen LogP contribution < -0.4 is 0 Å². The summed E-state index contributed by atoms with van der Waals surface area (Å²) in [4.78, 5) is 7.98. The number of nitrogens with zero attached hydrogens (tertiary/aromatic N) is 3. The summed E-state index contributed by atoms with van der Waals surface area (Å²) in [5.74, 6) is -4.03. The second kappa shape index (κ2) is 4.80. The molecule has 4 rings (SSSR count). The highest BCUT2D eigenvalue weighted by Gasteiger charge is 2.61. The normalized spacial score (nSPS) is 22.2. The van der Waals surface area contributed by atoms with Gasteiger partial charge in [-0.1, -0.05) is 11.6 Å². The molecule has 2 fully saturated rings. The van der Waals surface area contributed by atoms with Gasteiger partial charge in [0, 0.05) is 12.4 Å². The zero-order chi connectivity index (χ0) is 16.1. The van der Waals surface area contributed by atoms with Crippen molar-refractivity contribution in [1.82, 2.24) is 15.1 Å². The standard InChI is InChI=1S/C16H17F2N3O2/c17-16(18,15(22)7-2-8-15)13-20-12(21-23-13)14(5-1-6-14)11-3-9-19-10-4-11/h3-4,9-10,22H,1-2,5-8H2. The van der Waals surface area contributed by atoms with Gasteiger partial charge in [-0.25, -0.2) is 0 Å². The highest BCUT2D eigenvalue weighted by Crippen LogP contribution is 2.51. The van der Waals surface area contributed by atoms with Gasteiger partial charge in [0.2, 0.25) is 0 Å². The summed E-state index contributed by atoms with van der Waals surface area (Å²) < 4.78 is 33.8. The second-order valence-corrected chi connectivity index (χ2v) is 6.55. The molecule has 2 heterocycles. The van der Waals surface area contributed by atoms with Crippen molar-refractivity contribution in [2.75, 3.05) is 0 Å². The molecule has 122 valence electrons. The molecule has 0 saturated heterocycles. The number of pyridine rings is 1. The lowest BCUT2D eigenvalue weighted by Gasteiger charge is -2.41. The van der Waals surface area contributed by atoms with Gasteiger partial charge in [0.1, 0.15) is 5.60 Å². The molecule has 0 radical (unpaired) electrons. The van der Waals surface area contributed by atoms with Crippen molar-refractivity contribution < 1.29 is 18.4 Å². The summed E-state index contributed by atoms with van der Waals surface area (Å²) in [5, 5.41) is 13.8. The molecule has 2 aliphatic rings. The summed E-state index contributed by atoms with van der Waals surface area (Å²) in [6.07, 6.45) is 6.56. The lowest BCUT2D eigenvalue weighted by atomic mass is 9.64. The van der Waals surface area contributed by atoms with Crippen LogP contribution in [0.1, 0.15) is 55.8 Å². The van der Waals surface area contributed by atoms with Crippen LogP contribution in [-0.2, 0) is 11.3 Å². The molecule has 2 aromatic rings. The lowest BCUT2D eigenvalue weighted by Crippen LogP contribution is -2.51. The first-order valence-corrected chi connectivity index (χ1v) is 7.83. The molecule has 0 bridgehead atoms. The number of aromatic nitrogens is 3. The van der Waals surface area contributed by atoms with Gasteiger partial charge in [-0.3, -0.25) is 4.98 Å². The molecule has 2 aliphatic carbocycles. The van der Waals surface area contributed by atoms with E-state index in [4.69, 9.17) is 4.52 Å². The first kappa shape index (κ1) is 14.7. The van der Waals surface area contributed by atoms with Crippen molar-refractivity contribution >= 4 is 0 Å². The zero-order valence-corrected chi connectivity index (χ0v) is 12.5. The van der Waals surface area contributed by atoms with Crippen LogP contribution in [-0.4, -0.2) is 25.8 Å². The molecular formula is C16H17F2N3O2. The molecule has 0 unspecified atom stereocenters. The summed E-state index contributed by atoms with van der Waals surface area (Å²) in [7, 11) is 0. The van der Waals surface area contributed by atoms with Gasteiger partial charge in [-0.2, -0.15) is 13.8 Å². The van der Waals surface area contributed by atoms with E-state index in [0.29, 0.717) is 6.42 Å². The summed E-state index contributed by atoms with van der Waals surface area (Å²) in [6.45, 7) is 0. The van der Waals surface area contributed by atoms with Crippen molar-refractivity contribution in [3.8, 4) is 0 Å². The van der Waals surface area contributed by atoms with Crippen LogP contribution in [0.25, 0.3) is 0 Å². The molecule has 0 amide bonds. The van der Waals surface area contributed by atoms with Crippen molar-refractivity contribution in [2.24, 2.45) is 0 Å². The Morgan fingerprint density at radius 2 is 1.74 bits per heavy atom. The molecule has 0 spiro atoms. The van der Waals surface area contributed by atoms with Crippen LogP contribution in [0, 0.1) is 0 Å². The molecule has 23 heavy (non-hydrogen) atoms. The van der Waals surface area contributed by atoms with Gasteiger partial charge in [0.25, 0.3) is 5.89 Å². The van der Waals surface area contributed by atoms with E-state index in [1.54, 1.807) is 12.4 Å². The Labute approximate surface area is 131 Å². The van der Waals surface area contributed by atoms with Crippen LogP contribution in [0.15, 0.2) is 29.0 Å². The number of hydrogen-bond acceptors (Lipinski definition) is 5. The van der Waals surface area contributed by atoms with E-state index in [2.05, 4.69) is 15.1 Å². The van der Waals surface area contributed by atoms with E-state index < -0.39 is 22.8 Å². The van der Waals surface area contributed by atoms with Crippen molar-refractivity contribution in [2.45, 2.75) is 55.5 Å². The SMILES string of the molecule is OC1(C(F)(F)c2nc(C3(c4ccncc4)CCC3)no2)CCC1. The molecular weight excluding hydrogens is 304 g/mol. The van der Waals surface area contributed by atoms with Gasteiger partial charge >= 0.3 is 5.92 Å². The Balaban J connectivity index is 1.70. The number of halogens is 2. The largest absolute Gasteiger partial charge is 0.383 e. The maximum atomic E-state index is 14.5. The fourth-order valence-electron chi connectivity index (χ4n) is 3.41. The monoisotopic (exact) mass is 321 g/mol. The Kier molecular flexibility index (Phi) is 3.07. The Hall–Kier alpha value is -1.89. The molecule has 0 aromatic carbocycles. The smallest absolute Gasteiger partial charge is 0.352 e. The minimum Gasteiger partial charge on any atom is -0.383 e. The van der Waals surface area contributed by atoms with Crippen LogP contribution >= 0.6 is 0 Å². The number of aliphatic hydroxyl groups is 1. The van der Waals surface area contributed by atoms with E-state index in [-0.39, 0.29) is 18.7 Å². The fourth-order valence-corrected chi connectivity index (χ4v) is 3.41. The first-order valence-electron chi connectivity index (χ1n) is 7.83. The average molecular weight is 321 g/mol. The third kappa shape index (κ3) is 1.95. The van der Waals surface area contributed by atoms with Crippen molar-refractivity contribution in [3.63, 3.8) is 0 Å². The molecule has 0 atom stereocenters. The van der Waals surface area contributed by atoms with Gasteiger partial charge in [-0.15, -0.1) is 0 Å². The predicted molar refractivity (Wildman–Crippen MR) is 75.9 cm³/mol. The summed E-state index contributed by atoms with van der Waals surface area (Å²) in [5.41, 5.74) is -1.58. The van der Waals surface area contributed by atoms with Crippen molar-refractivity contribution in [1.29, 1.82) is 0 Å². The van der Waals surface area contributed by atoms with Gasteiger partial charge in [0.15, 0.2) is 5.82 Å². The van der Waals surface area contributed by atoms with E-state index in [9.17, 15) is 13.9 Å². The minimum atomic E-state index is -3.51. The first-order chi connectivity index (χ1) is 11.0. The minimum absolute atomic E-state index is 0.0488. The van der Waals surface area contributed by atoms with E-state index >= 15 is 0 Å². The zero-order valence-electron chi connectivity index (χ0n) is 12.5. The fraction of sp³-hybridized carbons (Fsp3) is 0.562. The van der Waals surface area contributed by atoms with Crippen LogP contribution in [0.5, 0.6) is 0 Å². The maximum Gasteiger partial charge on any atom is 0.352 e. The second-order valence-electron chi connectivity index (χ2n) is 6.55. The van der Waals surface area contributed by atoms with E-state index in [1.165, 1.54) is 0 Å². The predicted octanol–water partition coefficient (Wildman–Crippen LogP) is 2.94. The molecule has 7 heteroatoms. The third-order valence-electron chi connectivity index (χ3n) is 5.33. The van der Waals surface area contributed by atoms with Gasteiger partial charge in [-0.05, 0) is 49.8 Å². The Morgan fingerprint density at radius 1 is 1.09 bits per heavy atom. The van der Waals surface area contributed by atoms with Gasteiger partial charge in [0.05, 0.1) is 5.41 Å². The van der Waals surface area contributed by atoms with Crippen molar-refractivity contribution in [3.05, 3.63) is 41.8 Å². The third-order valence-corrected chi connectivity index (χ3v) is 5.33.